The maximum absolute atomic E-state index is 13.1. The highest BCUT2D eigenvalue weighted by molar-refractivity contribution is 8.00. The molecule has 1 aliphatic rings. The standard InChI is InChI=1S/C21H22FN5O2S2/c1-12-13(2)23-21(25-20(12)29)27-18(10-16(26-27)17-4-3-9-30-17)24-19(28)11-31-15-7-5-14(22)6-8-15/h3-10,12-13,21,23H,11H2,1-2H3,(H,24,28)(H,25,29). The number of benzene rings is 1. The number of thioether (sulfide) groups is 1. The third-order valence-electron chi connectivity index (χ3n) is 5.07. The minimum absolute atomic E-state index is 0.0503. The second kappa shape index (κ2) is 9.21. The molecule has 0 aliphatic carbocycles. The van der Waals surface area contributed by atoms with Crippen LogP contribution in [0.25, 0.3) is 10.6 Å². The Kier molecular flexibility index (Phi) is 6.40. The lowest BCUT2D eigenvalue weighted by Gasteiger charge is -2.34. The van der Waals surface area contributed by atoms with E-state index in [0.29, 0.717) is 11.5 Å². The van der Waals surface area contributed by atoms with E-state index >= 15 is 0 Å². The SMILES string of the molecule is CC1NC(n2nc(-c3cccs3)cc2NC(=O)CSc2ccc(F)cc2)NC(=O)C1C. The highest BCUT2D eigenvalue weighted by atomic mass is 32.2. The van der Waals surface area contributed by atoms with E-state index in [4.69, 9.17) is 0 Å². The van der Waals surface area contributed by atoms with Gasteiger partial charge in [-0.25, -0.2) is 9.07 Å². The van der Waals surface area contributed by atoms with Crippen LogP contribution in [0, 0.1) is 11.7 Å². The number of aromatic nitrogens is 2. The first-order valence-electron chi connectivity index (χ1n) is 9.79. The summed E-state index contributed by atoms with van der Waals surface area (Å²) in [6.07, 6.45) is -0.576. The molecule has 0 bridgehead atoms. The molecule has 4 rings (SSSR count). The summed E-state index contributed by atoms with van der Waals surface area (Å²) in [5.74, 6) is -0.153. The Morgan fingerprint density at radius 1 is 1.29 bits per heavy atom. The van der Waals surface area contributed by atoms with Crippen molar-refractivity contribution in [3.05, 3.63) is 53.7 Å². The van der Waals surface area contributed by atoms with E-state index < -0.39 is 6.29 Å². The lowest BCUT2D eigenvalue weighted by molar-refractivity contribution is -0.130. The molecule has 0 saturated carbocycles. The zero-order valence-corrected chi connectivity index (χ0v) is 18.6. The van der Waals surface area contributed by atoms with Crippen molar-refractivity contribution in [2.24, 2.45) is 5.92 Å². The van der Waals surface area contributed by atoms with Gasteiger partial charge < -0.3 is 10.6 Å². The molecule has 31 heavy (non-hydrogen) atoms. The molecule has 162 valence electrons. The van der Waals surface area contributed by atoms with Gasteiger partial charge >= 0.3 is 0 Å². The van der Waals surface area contributed by atoms with Crippen molar-refractivity contribution in [3.8, 4) is 10.6 Å². The highest BCUT2D eigenvalue weighted by Crippen LogP contribution is 2.28. The zero-order valence-electron chi connectivity index (χ0n) is 17.0. The topological polar surface area (TPSA) is 88.1 Å². The predicted octanol–water partition coefficient (Wildman–Crippen LogP) is 3.68. The normalized spacial score (nSPS) is 21.0. The minimum Gasteiger partial charge on any atom is -0.322 e. The van der Waals surface area contributed by atoms with Gasteiger partial charge in [-0.3, -0.25) is 14.9 Å². The third-order valence-corrected chi connectivity index (χ3v) is 6.97. The van der Waals surface area contributed by atoms with Crippen LogP contribution in [-0.4, -0.2) is 33.4 Å². The summed E-state index contributed by atoms with van der Waals surface area (Å²) in [5.41, 5.74) is 0.707. The fraction of sp³-hybridized carbons (Fsp3) is 0.286. The number of halogens is 1. The zero-order chi connectivity index (χ0) is 22.0. The van der Waals surface area contributed by atoms with Crippen molar-refractivity contribution < 1.29 is 14.0 Å². The summed E-state index contributed by atoms with van der Waals surface area (Å²) < 4.78 is 14.7. The highest BCUT2D eigenvalue weighted by Gasteiger charge is 2.32. The number of carbonyl (C=O) groups is 2. The number of nitrogens with zero attached hydrogens (tertiary/aromatic N) is 2. The fourth-order valence-electron chi connectivity index (χ4n) is 3.15. The molecule has 1 aliphatic heterocycles. The molecular weight excluding hydrogens is 437 g/mol. The number of hydrogen-bond donors (Lipinski definition) is 3. The van der Waals surface area contributed by atoms with Crippen molar-refractivity contribution in [2.75, 3.05) is 11.1 Å². The van der Waals surface area contributed by atoms with E-state index in [0.717, 1.165) is 9.77 Å². The third kappa shape index (κ3) is 4.97. The Balaban J connectivity index is 1.53. The molecule has 1 fully saturated rings. The lowest BCUT2D eigenvalue weighted by atomic mass is 10.0. The van der Waals surface area contributed by atoms with E-state index in [1.54, 1.807) is 34.2 Å². The van der Waals surface area contributed by atoms with E-state index in [1.165, 1.54) is 23.9 Å². The summed E-state index contributed by atoms with van der Waals surface area (Å²) in [6, 6.07) is 11.6. The number of thiophene rings is 1. The number of amides is 2. The smallest absolute Gasteiger partial charge is 0.235 e. The molecular formula is C21H22FN5O2S2. The minimum atomic E-state index is -0.576. The molecule has 1 aromatic carbocycles. The van der Waals surface area contributed by atoms with Gasteiger partial charge in [0, 0.05) is 17.0 Å². The van der Waals surface area contributed by atoms with Gasteiger partial charge in [-0.1, -0.05) is 13.0 Å². The Labute approximate surface area is 187 Å². The van der Waals surface area contributed by atoms with Crippen LogP contribution in [0.5, 0.6) is 0 Å². The second-order valence-corrected chi connectivity index (χ2v) is 9.28. The number of nitrogens with one attached hydrogen (secondary N) is 3. The molecule has 3 aromatic rings. The average molecular weight is 460 g/mol. The van der Waals surface area contributed by atoms with E-state index in [-0.39, 0.29) is 35.3 Å². The van der Waals surface area contributed by atoms with E-state index in [1.807, 2.05) is 31.4 Å². The summed E-state index contributed by atoms with van der Waals surface area (Å²) in [7, 11) is 0. The maximum atomic E-state index is 13.1. The van der Waals surface area contributed by atoms with E-state index in [9.17, 15) is 14.0 Å². The van der Waals surface area contributed by atoms with Gasteiger partial charge in [-0.2, -0.15) is 5.10 Å². The number of anilines is 1. The van der Waals surface area contributed by atoms with Crippen molar-refractivity contribution in [1.29, 1.82) is 0 Å². The molecule has 1 saturated heterocycles. The maximum Gasteiger partial charge on any atom is 0.235 e. The quantitative estimate of drug-likeness (QED) is 0.490. The van der Waals surface area contributed by atoms with Crippen LogP contribution in [0.3, 0.4) is 0 Å². The first-order valence-corrected chi connectivity index (χ1v) is 11.7. The van der Waals surface area contributed by atoms with Crippen LogP contribution in [-0.2, 0) is 9.59 Å². The summed E-state index contributed by atoms with van der Waals surface area (Å²) in [4.78, 5) is 26.7. The monoisotopic (exact) mass is 459 g/mol. The molecule has 3 unspecified atom stereocenters. The van der Waals surface area contributed by atoms with Crippen LogP contribution in [0.1, 0.15) is 20.1 Å². The number of rotatable bonds is 6. The molecule has 10 heteroatoms. The Hall–Kier alpha value is -2.69. The largest absolute Gasteiger partial charge is 0.322 e. The van der Waals surface area contributed by atoms with Crippen molar-refractivity contribution in [1.82, 2.24) is 20.4 Å². The van der Waals surface area contributed by atoms with Gasteiger partial charge in [0.05, 0.1) is 16.5 Å². The lowest BCUT2D eigenvalue weighted by Crippen LogP contribution is -2.57. The van der Waals surface area contributed by atoms with Crippen LogP contribution in [0.15, 0.2) is 52.7 Å². The molecule has 3 atom stereocenters. The van der Waals surface area contributed by atoms with Gasteiger partial charge in [0.2, 0.25) is 11.8 Å². The van der Waals surface area contributed by atoms with Gasteiger partial charge in [-0.15, -0.1) is 23.1 Å². The van der Waals surface area contributed by atoms with Crippen LogP contribution < -0.4 is 16.0 Å². The van der Waals surface area contributed by atoms with Crippen molar-refractivity contribution in [2.45, 2.75) is 31.1 Å². The first-order chi connectivity index (χ1) is 14.9. The van der Waals surface area contributed by atoms with Crippen molar-refractivity contribution >= 4 is 40.7 Å². The summed E-state index contributed by atoms with van der Waals surface area (Å²) in [5, 5.41) is 15.7. The molecule has 3 N–H and O–H groups in total. The number of hydrogen-bond acceptors (Lipinski definition) is 6. The van der Waals surface area contributed by atoms with Gasteiger partial charge in [-0.05, 0) is 42.6 Å². The molecule has 0 radical (unpaired) electrons. The van der Waals surface area contributed by atoms with Gasteiger partial charge in [0.25, 0.3) is 0 Å². The second-order valence-electron chi connectivity index (χ2n) is 7.28. The van der Waals surface area contributed by atoms with Gasteiger partial charge in [0.1, 0.15) is 17.3 Å². The molecule has 2 aromatic heterocycles. The fourth-order valence-corrected chi connectivity index (χ4v) is 4.53. The Bertz CT molecular complexity index is 1070. The van der Waals surface area contributed by atoms with Crippen LogP contribution >= 0.6 is 23.1 Å². The average Bonchev–Trinajstić information content (AvgIpc) is 3.41. The van der Waals surface area contributed by atoms with Gasteiger partial charge in [0.15, 0.2) is 6.29 Å². The number of carbonyl (C=O) groups excluding carboxylic acids is 2. The van der Waals surface area contributed by atoms with Crippen molar-refractivity contribution in [3.63, 3.8) is 0 Å². The predicted molar refractivity (Wildman–Crippen MR) is 120 cm³/mol. The Morgan fingerprint density at radius 2 is 2.06 bits per heavy atom. The molecule has 0 spiro atoms. The molecule has 2 amide bonds. The van der Waals surface area contributed by atoms with Crippen LogP contribution in [0.2, 0.25) is 0 Å². The summed E-state index contributed by atoms with van der Waals surface area (Å²) >= 11 is 2.85. The molecule has 7 nitrogen and oxygen atoms in total. The van der Waals surface area contributed by atoms with Crippen LogP contribution in [0.4, 0.5) is 10.2 Å². The molecule has 3 heterocycles. The Morgan fingerprint density at radius 3 is 2.74 bits per heavy atom. The summed E-state index contributed by atoms with van der Waals surface area (Å²) in [6.45, 7) is 3.80. The first kappa shape index (κ1) is 21.5. The van der Waals surface area contributed by atoms with E-state index in [2.05, 4.69) is 21.0 Å².